The molecule has 8 heteroatoms. The number of aryl methyl sites for hydroxylation is 2. The lowest BCUT2D eigenvalue weighted by molar-refractivity contribution is -0.119. The van der Waals surface area contributed by atoms with Crippen LogP contribution in [0.25, 0.3) is 5.88 Å². The first-order valence-corrected chi connectivity index (χ1v) is 10.4. The van der Waals surface area contributed by atoms with Gasteiger partial charge in [0.05, 0.1) is 5.69 Å². The molecule has 0 saturated carbocycles. The fraction of sp³-hybridized carbons (Fsp3) is 0.115. The van der Waals surface area contributed by atoms with Crippen LogP contribution in [0.1, 0.15) is 27.2 Å². The average molecular weight is 455 g/mol. The summed E-state index contributed by atoms with van der Waals surface area (Å²) >= 11 is 0. The van der Waals surface area contributed by atoms with Crippen molar-refractivity contribution in [3.05, 3.63) is 95.5 Å². The highest BCUT2D eigenvalue weighted by Gasteiger charge is 2.26. The van der Waals surface area contributed by atoms with Crippen molar-refractivity contribution in [3.63, 3.8) is 0 Å². The molecule has 0 saturated heterocycles. The van der Waals surface area contributed by atoms with Crippen LogP contribution in [0.15, 0.2) is 77.5 Å². The maximum absolute atomic E-state index is 12.7. The Labute approximate surface area is 195 Å². The molecule has 34 heavy (non-hydrogen) atoms. The molecule has 2 heterocycles. The summed E-state index contributed by atoms with van der Waals surface area (Å²) in [6.45, 7) is 2.99. The Morgan fingerprint density at radius 2 is 1.74 bits per heavy atom. The quantitative estimate of drug-likeness (QED) is 0.387. The Hall–Kier alpha value is -4.77. The van der Waals surface area contributed by atoms with Gasteiger partial charge in [0, 0.05) is 12.4 Å². The fourth-order valence-electron chi connectivity index (χ4n) is 3.31. The fourth-order valence-corrected chi connectivity index (χ4v) is 3.31. The second-order valence-electron chi connectivity index (χ2n) is 7.45. The molecule has 1 amide bonds. The molecule has 170 valence electrons. The Morgan fingerprint density at radius 3 is 2.44 bits per heavy atom. The number of anilines is 1. The van der Waals surface area contributed by atoms with Crippen LogP contribution in [-0.4, -0.2) is 23.1 Å². The van der Waals surface area contributed by atoms with Gasteiger partial charge in [0.15, 0.2) is 12.4 Å². The lowest BCUT2D eigenvalue weighted by Gasteiger charge is -2.12. The smallest absolute Gasteiger partial charge is 0.343 e. The number of hydrogen-bond donors (Lipinski definition) is 1. The number of benzene rings is 2. The van der Waals surface area contributed by atoms with Crippen molar-refractivity contribution in [1.82, 2.24) is 4.57 Å². The number of carbonyl (C=O) groups excluding carboxylic acids is 2. The predicted octanol–water partition coefficient (Wildman–Crippen LogP) is 5.15. The number of rotatable bonds is 7. The van der Waals surface area contributed by atoms with Gasteiger partial charge in [0.2, 0.25) is 5.88 Å². The molecule has 1 N–H and O–H groups in total. The molecule has 2 aromatic carbocycles. The zero-order valence-electron chi connectivity index (χ0n) is 18.6. The van der Waals surface area contributed by atoms with Crippen LogP contribution < -0.4 is 10.1 Å². The van der Waals surface area contributed by atoms with Gasteiger partial charge in [-0.15, -0.1) is 0 Å². The predicted molar refractivity (Wildman–Crippen MR) is 124 cm³/mol. The highest BCUT2D eigenvalue weighted by atomic mass is 16.5. The van der Waals surface area contributed by atoms with Gasteiger partial charge in [-0.2, -0.15) is 5.26 Å². The van der Waals surface area contributed by atoms with Gasteiger partial charge < -0.3 is 19.2 Å². The maximum Gasteiger partial charge on any atom is 0.343 e. The summed E-state index contributed by atoms with van der Waals surface area (Å²) in [7, 11) is 0. The van der Waals surface area contributed by atoms with Gasteiger partial charge in [-0.3, -0.25) is 9.36 Å². The van der Waals surface area contributed by atoms with Crippen LogP contribution in [-0.2, 0) is 9.53 Å². The molecule has 0 aliphatic heterocycles. The van der Waals surface area contributed by atoms with Crippen LogP contribution in [0.3, 0.4) is 0 Å². The standard InChI is InChI=1S/C26H21N3O5/c1-17-9-11-19(12-10-17)34-22-8-4-3-7-21(22)28-23(30)16-32-26(31)24-18(2)33-25(20(24)15-27)29-13-5-6-14-29/h3-14H,16H2,1-2H3,(H,28,30). The molecule has 0 bridgehead atoms. The van der Waals surface area contributed by atoms with E-state index in [-0.39, 0.29) is 22.8 Å². The van der Waals surface area contributed by atoms with Gasteiger partial charge in [0.25, 0.3) is 5.91 Å². The van der Waals surface area contributed by atoms with Crippen molar-refractivity contribution < 1.29 is 23.5 Å². The van der Waals surface area contributed by atoms with Crippen molar-refractivity contribution in [1.29, 1.82) is 5.26 Å². The van der Waals surface area contributed by atoms with E-state index in [9.17, 15) is 14.9 Å². The van der Waals surface area contributed by atoms with E-state index in [0.717, 1.165) is 5.56 Å². The topological polar surface area (TPSA) is 106 Å². The Morgan fingerprint density at radius 1 is 1.03 bits per heavy atom. The molecule has 0 atom stereocenters. The summed E-state index contributed by atoms with van der Waals surface area (Å²) in [5.74, 6) is 0.122. The zero-order chi connectivity index (χ0) is 24.1. The molecule has 0 unspecified atom stereocenters. The van der Waals surface area contributed by atoms with Crippen molar-refractivity contribution in [2.75, 3.05) is 11.9 Å². The van der Waals surface area contributed by atoms with E-state index >= 15 is 0 Å². The second kappa shape index (κ2) is 9.79. The van der Waals surface area contributed by atoms with E-state index in [2.05, 4.69) is 5.32 Å². The second-order valence-corrected chi connectivity index (χ2v) is 7.45. The number of ether oxygens (including phenoxy) is 2. The van der Waals surface area contributed by atoms with E-state index in [1.807, 2.05) is 37.3 Å². The molecule has 4 rings (SSSR count). The highest BCUT2D eigenvalue weighted by Crippen LogP contribution is 2.30. The van der Waals surface area contributed by atoms with Crippen LogP contribution in [0.2, 0.25) is 0 Å². The van der Waals surface area contributed by atoms with Gasteiger partial charge >= 0.3 is 5.97 Å². The average Bonchev–Trinajstić information content (AvgIpc) is 3.48. The lowest BCUT2D eigenvalue weighted by atomic mass is 10.1. The van der Waals surface area contributed by atoms with E-state index in [4.69, 9.17) is 13.9 Å². The number of aromatic nitrogens is 1. The molecule has 0 radical (unpaired) electrons. The number of esters is 1. The first-order chi connectivity index (χ1) is 16.5. The van der Waals surface area contributed by atoms with Crippen molar-refractivity contribution in [2.24, 2.45) is 0 Å². The Kier molecular flexibility index (Phi) is 6.46. The van der Waals surface area contributed by atoms with Crippen molar-refractivity contribution in [3.8, 4) is 23.5 Å². The summed E-state index contributed by atoms with van der Waals surface area (Å²) in [5.41, 5.74) is 1.55. The van der Waals surface area contributed by atoms with Gasteiger partial charge in [-0.05, 0) is 50.2 Å². The minimum Gasteiger partial charge on any atom is -0.455 e. The normalized spacial score (nSPS) is 10.4. The Balaban J connectivity index is 1.43. The van der Waals surface area contributed by atoms with Crippen molar-refractivity contribution >= 4 is 17.6 Å². The summed E-state index contributed by atoms with van der Waals surface area (Å²) in [6.07, 6.45) is 3.38. The number of furan rings is 1. The van der Waals surface area contributed by atoms with E-state index < -0.39 is 18.5 Å². The molecule has 0 spiro atoms. The summed E-state index contributed by atoms with van der Waals surface area (Å²) in [5, 5.41) is 12.3. The number of hydrogen-bond acceptors (Lipinski definition) is 6. The number of carbonyl (C=O) groups is 2. The monoisotopic (exact) mass is 455 g/mol. The van der Waals surface area contributed by atoms with E-state index in [1.54, 1.807) is 60.3 Å². The third-order valence-corrected chi connectivity index (χ3v) is 4.96. The first kappa shape index (κ1) is 22.4. The lowest BCUT2D eigenvalue weighted by Crippen LogP contribution is -2.21. The third kappa shape index (κ3) is 4.84. The van der Waals surface area contributed by atoms with Gasteiger partial charge in [0.1, 0.15) is 28.7 Å². The third-order valence-electron chi connectivity index (χ3n) is 4.96. The molecule has 2 aromatic heterocycles. The van der Waals surface area contributed by atoms with Gasteiger partial charge in [-0.1, -0.05) is 29.8 Å². The summed E-state index contributed by atoms with van der Waals surface area (Å²) in [6, 6.07) is 20.0. The highest BCUT2D eigenvalue weighted by molar-refractivity contribution is 5.98. The number of amides is 1. The Bertz CT molecular complexity index is 1360. The molecule has 0 aliphatic carbocycles. The minimum atomic E-state index is -0.824. The SMILES string of the molecule is Cc1ccc(Oc2ccccc2NC(=O)COC(=O)c2c(C)oc(-n3cccc3)c2C#N)cc1. The molecular weight excluding hydrogens is 434 g/mol. The number of nitrogens with one attached hydrogen (secondary N) is 1. The molecule has 8 nitrogen and oxygen atoms in total. The summed E-state index contributed by atoms with van der Waals surface area (Å²) < 4.78 is 18.2. The van der Waals surface area contributed by atoms with Crippen LogP contribution >= 0.6 is 0 Å². The summed E-state index contributed by atoms with van der Waals surface area (Å²) in [4.78, 5) is 25.2. The molecular formula is C26H21N3O5. The van der Waals surface area contributed by atoms with Crippen LogP contribution in [0.4, 0.5) is 5.69 Å². The molecule has 0 fully saturated rings. The van der Waals surface area contributed by atoms with E-state index in [0.29, 0.717) is 17.2 Å². The number of nitriles is 1. The van der Waals surface area contributed by atoms with Crippen LogP contribution in [0, 0.1) is 25.2 Å². The number of nitrogens with zero attached hydrogens (tertiary/aromatic N) is 2. The largest absolute Gasteiger partial charge is 0.455 e. The van der Waals surface area contributed by atoms with E-state index in [1.165, 1.54) is 0 Å². The maximum atomic E-state index is 12.7. The molecule has 0 aliphatic rings. The minimum absolute atomic E-state index is 0.0119. The first-order valence-electron chi connectivity index (χ1n) is 10.4. The molecule has 4 aromatic rings. The van der Waals surface area contributed by atoms with Crippen molar-refractivity contribution in [2.45, 2.75) is 13.8 Å². The zero-order valence-corrected chi connectivity index (χ0v) is 18.6. The van der Waals surface area contributed by atoms with Gasteiger partial charge in [-0.25, -0.2) is 4.79 Å². The van der Waals surface area contributed by atoms with Crippen LogP contribution in [0.5, 0.6) is 11.5 Å². The number of para-hydroxylation sites is 2.